The zero-order chi connectivity index (χ0) is 13.8. The number of carbonyl (C=O) groups is 1. The minimum Gasteiger partial charge on any atom is -0.325 e. The van der Waals surface area contributed by atoms with E-state index in [1.807, 2.05) is 0 Å². The molecule has 0 bridgehead atoms. The molecule has 0 heterocycles. The van der Waals surface area contributed by atoms with Crippen LogP contribution in [0.5, 0.6) is 0 Å². The van der Waals surface area contributed by atoms with E-state index in [0.717, 1.165) is 0 Å². The van der Waals surface area contributed by atoms with Crippen LogP contribution in [0.1, 0.15) is 13.3 Å². The highest BCUT2D eigenvalue weighted by Crippen LogP contribution is 2.15. The first-order valence-electron chi connectivity index (χ1n) is 5.29. The molecule has 0 spiro atoms. The van der Waals surface area contributed by atoms with Gasteiger partial charge in [0.05, 0.1) is 11.7 Å². The second-order valence-electron chi connectivity index (χ2n) is 3.73. The number of nitrogens with two attached hydrogens (primary N) is 2. The van der Waals surface area contributed by atoms with E-state index >= 15 is 0 Å². The van der Waals surface area contributed by atoms with Gasteiger partial charge in [-0.05, 0) is 24.6 Å². The highest BCUT2D eigenvalue weighted by molar-refractivity contribution is 7.90. The SMILES string of the molecule is CC[C@H](N)C(=O)Nc1cccc(NS(N)(=O)=O)c1. The molecule has 1 amide bonds. The molecule has 0 aliphatic rings. The quantitative estimate of drug-likeness (QED) is 0.600. The molecule has 18 heavy (non-hydrogen) atoms. The number of hydrogen-bond donors (Lipinski definition) is 4. The van der Waals surface area contributed by atoms with Crippen molar-refractivity contribution < 1.29 is 13.2 Å². The van der Waals surface area contributed by atoms with Gasteiger partial charge in [-0.15, -0.1) is 0 Å². The van der Waals surface area contributed by atoms with Gasteiger partial charge in [0.25, 0.3) is 10.2 Å². The molecule has 0 saturated carbocycles. The molecule has 0 aliphatic heterocycles. The van der Waals surface area contributed by atoms with Crippen LogP contribution in [0.3, 0.4) is 0 Å². The zero-order valence-electron chi connectivity index (χ0n) is 9.88. The fourth-order valence-corrected chi connectivity index (χ4v) is 1.70. The molecule has 100 valence electrons. The van der Waals surface area contributed by atoms with Crippen LogP contribution in [0.4, 0.5) is 11.4 Å². The van der Waals surface area contributed by atoms with Gasteiger partial charge >= 0.3 is 0 Å². The molecular weight excluding hydrogens is 256 g/mol. The monoisotopic (exact) mass is 272 g/mol. The average Bonchev–Trinajstić information content (AvgIpc) is 2.26. The van der Waals surface area contributed by atoms with E-state index in [2.05, 4.69) is 10.0 Å². The standard InChI is InChI=1S/C10H16N4O3S/c1-2-9(11)10(15)13-7-4-3-5-8(6-7)14-18(12,16)17/h3-6,9,14H,2,11H2,1H3,(H,13,15)(H2,12,16,17)/t9-/m0/s1. The van der Waals surface area contributed by atoms with Crippen molar-refractivity contribution in [2.24, 2.45) is 10.9 Å². The Hall–Kier alpha value is -1.64. The first kappa shape index (κ1) is 14.4. The summed E-state index contributed by atoms with van der Waals surface area (Å²) in [5.41, 5.74) is 6.27. The summed E-state index contributed by atoms with van der Waals surface area (Å²) < 4.78 is 23.8. The van der Waals surface area contributed by atoms with Gasteiger partial charge in [0.15, 0.2) is 0 Å². The van der Waals surface area contributed by atoms with Gasteiger partial charge in [-0.2, -0.15) is 8.42 Å². The van der Waals surface area contributed by atoms with Crippen molar-refractivity contribution in [3.63, 3.8) is 0 Å². The zero-order valence-corrected chi connectivity index (χ0v) is 10.7. The lowest BCUT2D eigenvalue weighted by molar-refractivity contribution is -0.117. The lowest BCUT2D eigenvalue weighted by Gasteiger charge is -2.11. The summed E-state index contributed by atoms with van der Waals surface area (Å²) in [6.45, 7) is 1.79. The van der Waals surface area contributed by atoms with Crippen LogP contribution in [0.2, 0.25) is 0 Å². The second kappa shape index (κ2) is 5.80. The molecule has 1 aromatic carbocycles. The number of benzene rings is 1. The molecule has 0 radical (unpaired) electrons. The average molecular weight is 272 g/mol. The molecule has 0 unspecified atom stereocenters. The number of hydrogen-bond acceptors (Lipinski definition) is 4. The topological polar surface area (TPSA) is 127 Å². The van der Waals surface area contributed by atoms with E-state index < -0.39 is 16.3 Å². The van der Waals surface area contributed by atoms with E-state index in [1.54, 1.807) is 19.1 Å². The summed E-state index contributed by atoms with van der Waals surface area (Å²) in [5.74, 6) is -0.328. The molecule has 0 aliphatic carbocycles. The highest BCUT2D eigenvalue weighted by atomic mass is 32.2. The van der Waals surface area contributed by atoms with Crippen LogP contribution in [0.25, 0.3) is 0 Å². The van der Waals surface area contributed by atoms with Crippen molar-refractivity contribution in [1.29, 1.82) is 0 Å². The van der Waals surface area contributed by atoms with Gasteiger partial charge in [-0.1, -0.05) is 13.0 Å². The maximum Gasteiger partial charge on any atom is 0.296 e. The Bertz CT molecular complexity index is 530. The van der Waals surface area contributed by atoms with Crippen molar-refractivity contribution in [3.8, 4) is 0 Å². The van der Waals surface area contributed by atoms with Crippen LogP contribution in [-0.2, 0) is 15.0 Å². The molecule has 7 nitrogen and oxygen atoms in total. The summed E-state index contributed by atoms with van der Waals surface area (Å²) in [5, 5.41) is 7.42. The molecule has 1 aromatic rings. The molecule has 0 saturated heterocycles. The summed E-state index contributed by atoms with van der Waals surface area (Å²) in [6, 6.07) is 5.57. The van der Waals surface area contributed by atoms with Crippen molar-refractivity contribution >= 4 is 27.5 Å². The summed E-state index contributed by atoms with van der Waals surface area (Å²) in [7, 11) is -3.83. The Morgan fingerprint density at radius 1 is 1.39 bits per heavy atom. The maximum absolute atomic E-state index is 11.5. The Labute approximate surface area is 106 Å². The predicted octanol–water partition coefficient (Wildman–Crippen LogP) is -0.0222. The van der Waals surface area contributed by atoms with Gasteiger partial charge in [-0.25, -0.2) is 5.14 Å². The third-order valence-electron chi connectivity index (χ3n) is 2.17. The largest absolute Gasteiger partial charge is 0.325 e. The lowest BCUT2D eigenvalue weighted by atomic mass is 10.2. The fraction of sp³-hybridized carbons (Fsp3) is 0.300. The third kappa shape index (κ3) is 4.70. The van der Waals surface area contributed by atoms with Crippen molar-refractivity contribution in [1.82, 2.24) is 0 Å². The number of amides is 1. The van der Waals surface area contributed by atoms with Gasteiger partial charge in [0.1, 0.15) is 0 Å². The van der Waals surface area contributed by atoms with Crippen molar-refractivity contribution in [2.45, 2.75) is 19.4 Å². The number of rotatable bonds is 5. The Balaban J connectivity index is 2.80. The number of carbonyl (C=O) groups excluding carboxylic acids is 1. The molecule has 8 heteroatoms. The summed E-state index contributed by atoms with van der Waals surface area (Å²) in [4.78, 5) is 11.5. The van der Waals surface area contributed by atoms with Crippen LogP contribution in [0.15, 0.2) is 24.3 Å². The summed E-state index contributed by atoms with van der Waals surface area (Å²) >= 11 is 0. The normalized spacial score (nSPS) is 12.8. The van der Waals surface area contributed by atoms with E-state index in [9.17, 15) is 13.2 Å². The molecule has 1 rings (SSSR count). The van der Waals surface area contributed by atoms with Crippen LogP contribution in [-0.4, -0.2) is 20.4 Å². The minimum absolute atomic E-state index is 0.264. The van der Waals surface area contributed by atoms with E-state index in [-0.39, 0.29) is 11.6 Å². The predicted molar refractivity (Wildman–Crippen MR) is 70.1 cm³/mol. The van der Waals surface area contributed by atoms with E-state index in [1.165, 1.54) is 12.1 Å². The van der Waals surface area contributed by atoms with Gasteiger partial charge in [0.2, 0.25) is 5.91 Å². The maximum atomic E-state index is 11.5. The van der Waals surface area contributed by atoms with Crippen LogP contribution >= 0.6 is 0 Å². The molecule has 0 fully saturated rings. The lowest BCUT2D eigenvalue weighted by Crippen LogP contribution is -2.34. The van der Waals surface area contributed by atoms with E-state index in [0.29, 0.717) is 12.1 Å². The van der Waals surface area contributed by atoms with Crippen LogP contribution in [0, 0.1) is 0 Å². The summed E-state index contributed by atoms with van der Waals surface area (Å²) in [6.07, 6.45) is 0.515. The van der Waals surface area contributed by atoms with Crippen molar-refractivity contribution in [2.75, 3.05) is 10.0 Å². The van der Waals surface area contributed by atoms with E-state index in [4.69, 9.17) is 10.9 Å². The van der Waals surface area contributed by atoms with Gasteiger partial charge in [-0.3, -0.25) is 9.52 Å². The Morgan fingerprint density at radius 3 is 2.56 bits per heavy atom. The number of anilines is 2. The van der Waals surface area contributed by atoms with Crippen LogP contribution < -0.4 is 20.9 Å². The molecule has 1 atom stereocenters. The first-order valence-corrected chi connectivity index (χ1v) is 6.83. The third-order valence-corrected chi connectivity index (χ3v) is 2.69. The first-order chi connectivity index (χ1) is 8.31. The second-order valence-corrected chi connectivity index (χ2v) is 5.03. The molecular formula is C10H16N4O3S. The van der Waals surface area contributed by atoms with Gasteiger partial charge < -0.3 is 11.1 Å². The highest BCUT2D eigenvalue weighted by Gasteiger charge is 2.11. The van der Waals surface area contributed by atoms with Crippen molar-refractivity contribution in [3.05, 3.63) is 24.3 Å². The Morgan fingerprint density at radius 2 is 2.00 bits per heavy atom. The Kier molecular flexibility index (Phi) is 4.65. The van der Waals surface area contributed by atoms with Gasteiger partial charge in [0, 0.05) is 5.69 Å². The fourth-order valence-electron chi connectivity index (χ4n) is 1.25. The number of nitrogens with one attached hydrogen (secondary N) is 2. The smallest absolute Gasteiger partial charge is 0.296 e. The molecule has 6 N–H and O–H groups in total. The minimum atomic E-state index is -3.83. The molecule has 0 aromatic heterocycles.